The molecule has 0 spiro atoms. The van der Waals surface area contributed by atoms with Crippen molar-refractivity contribution in [3.63, 3.8) is 0 Å². The number of nitrogens with one attached hydrogen (secondary N) is 1. The van der Waals surface area contributed by atoms with Gasteiger partial charge in [0.1, 0.15) is 12.7 Å². The van der Waals surface area contributed by atoms with Crippen LogP contribution in [0.1, 0.15) is 27.5 Å². The van der Waals surface area contributed by atoms with Crippen LogP contribution in [0.3, 0.4) is 0 Å². The number of thioether (sulfide) groups is 1. The van der Waals surface area contributed by atoms with Crippen molar-refractivity contribution in [1.82, 2.24) is 20.1 Å². The lowest BCUT2D eigenvalue weighted by molar-refractivity contribution is 0.0939. The van der Waals surface area contributed by atoms with Gasteiger partial charge in [-0.25, -0.2) is 9.67 Å². The Morgan fingerprint density at radius 1 is 1.21 bits per heavy atom. The Hall–Kier alpha value is -2.60. The number of aromatic nitrogens is 3. The third-order valence-corrected chi connectivity index (χ3v) is 5.25. The molecule has 1 aliphatic rings. The lowest BCUT2D eigenvalue weighted by atomic mass is 10.0. The molecular formula is C18H16N4OS. The summed E-state index contributed by atoms with van der Waals surface area (Å²) in [7, 11) is 0. The molecule has 3 aromatic rings. The number of nitrogens with zero attached hydrogens (tertiary/aromatic N) is 3. The Balaban J connectivity index is 1.55. The van der Waals surface area contributed by atoms with Gasteiger partial charge in [0.15, 0.2) is 0 Å². The van der Waals surface area contributed by atoms with E-state index < -0.39 is 0 Å². The first-order valence-corrected chi connectivity index (χ1v) is 8.73. The highest BCUT2D eigenvalue weighted by atomic mass is 32.2. The first kappa shape index (κ1) is 15.0. The minimum atomic E-state index is -0.0481. The fraction of sp³-hybridized carbons (Fsp3) is 0.167. The molecule has 1 atom stereocenters. The number of amides is 1. The average molecular weight is 336 g/mol. The van der Waals surface area contributed by atoms with Crippen LogP contribution in [-0.4, -0.2) is 26.4 Å². The third-order valence-electron chi connectivity index (χ3n) is 4.07. The molecule has 0 unspecified atom stereocenters. The van der Waals surface area contributed by atoms with Gasteiger partial charge in [-0.1, -0.05) is 36.4 Å². The summed E-state index contributed by atoms with van der Waals surface area (Å²) in [5, 5.41) is 7.28. The number of carbonyl (C=O) groups is 1. The van der Waals surface area contributed by atoms with Crippen LogP contribution in [0.5, 0.6) is 0 Å². The van der Waals surface area contributed by atoms with Crippen LogP contribution in [0, 0.1) is 0 Å². The number of hydrogen-bond donors (Lipinski definition) is 1. The highest BCUT2D eigenvalue weighted by Gasteiger charge is 2.25. The lowest BCUT2D eigenvalue weighted by Crippen LogP contribution is -2.29. The van der Waals surface area contributed by atoms with Gasteiger partial charge in [0.05, 0.1) is 12.6 Å². The molecule has 2 aromatic carbocycles. The fourth-order valence-electron chi connectivity index (χ4n) is 2.89. The summed E-state index contributed by atoms with van der Waals surface area (Å²) in [5.41, 5.74) is 2.81. The first-order valence-electron chi connectivity index (χ1n) is 7.74. The van der Waals surface area contributed by atoms with Crippen molar-refractivity contribution in [2.45, 2.75) is 17.5 Å². The summed E-state index contributed by atoms with van der Waals surface area (Å²) >= 11 is 1.78. The maximum absolute atomic E-state index is 12.8. The molecule has 5 nitrogen and oxygen atoms in total. The Morgan fingerprint density at radius 3 is 2.92 bits per heavy atom. The van der Waals surface area contributed by atoms with Gasteiger partial charge in [0.25, 0.3) is 5.91 Å². The Bertz CT molecular complexity index is 863. The maximum atomic E-state index is 12.8. The Morgan fingerprint density at radius 2 is 2.04 bits per heavy atom. The van der Waals surface area contributed by atoms with Crippen LogP contribution >= 0.6 is 11.8 Å². The summed E-state index contributed by atoms with van der Waals surface area (Å²) in [6, 6.07) is 15.9. The van der Waals surface area contributed by atoms with Crippen LogP contribution in [-0.2, 0) is 6.54 Å². The molecule has 120 valence electrons. The van der Waals surface area contributed by atoms with Crippen molar-refractivity contribution in [1.29, 1.82) is 0 Å². The van der Waals surface area contributed by atoms with Gasteiger partial charge in [-0.2, -0.15) is 5.10 Å². The molecular weight excluding hydrogens is 320 g/mol. The molecule has 0 aliphatic carbocycles. The second-order valence-corrected chi connectivity index (χ2v) is 6.69. The lowest BCUT2D eigenvalue weighted by Gasteiger charge is -2.15. The molecule has 6 heteroatoms. The zero-order chi connectivity index (χ0) is 16.4. The topological polar surface area (TPSA) is 59.8 Å². The van der Waals surface area contributed by atoms with E-state index in [1.54, 1.807) is 22.8 Å². The van der Waals surface area contributed by atoms with E-state index in [4.69, 9.17) is 0 Å². The molecule has 1 N–H and O–H groups in total. The zero-order valence-corrected chi connectivity index (χ0v) is 13.7. The van der Waals surface area contributed by atoms with Gasteiger partial charge in [0.2, 0.25) is 0 Å². The molecule has 0 radical (unpaired) electrons. The fourth-order valence-corrected chi connectivity index (χ4v) is 4.05. The van der Waals surface area contributed by atoms with E-state index >= 15 is 0 Å². The molecule has 1 aliphatic heterocycles. The van der Waals surface area contributed by atoms with Gasteiger partial charge in [-0.05, 0) is 23.3 Å². The molecule has 0 fully saturated rings. The second-order valence-electron chi connectivity index (χ2n) is 5.63. The molecule has 24 heavy (non-hydrogen) atoms. The van der Waals surface area contributed by atoms with E-state index in [0.29, 0.717) is 12.1 Å². The standard InChI is InChI=1S/C18H16N4OS/c23-18(21-16-10-24-17-8-4-3-7-15(16)17)14-6-2-1-5-13(14)9-22-12-19-11-20-22/h1-8,11-12,16H,9-10H2,(H,21,23)/t16-/m1/s1. The SMILES string of the molecule is O=C(N[C@@H]1CSc2ccccc21)c1ccccc1Cn1cncn1. The minimum absolute atomic E-state index is 0.0481. The third kappa shape index (κ3) is 2.92. The van der Waals surface area contributed by atoms with Crippen molar-refractivity contribution in [2.75, 3.05) is 5.75 Å². The summed E-state index contributed by atoms with van der Waals surface area (Å²) in [6.45, 7) is 0.527. The highest BCUT2D eigenvalue weighted by molar-refractivity contribution is 7.99. The predicted molar refractivity (Wildman–Crippen MR) is 92.9 cm³/mol. The van der Waals surface area contributed by atoms with Crippen LogP contribution < -0.4 is 5.32 Å². The highest BCUT2D eigenvalue weighted by Crippen LogP contribution is 2.37. The number of carbonyl (C=O) groups excluding carboxylic acids is 1. The summed E-state index contributed by atoms with van der Waals surface area (Å²) in [6.07, 6.45) is 3.15. The van der Waals surface area contributed by atoms with Gasteiger partial charge < -0.3 is 5.32 Å². The smallest absolute Gasteiger partial charge is 0.252 e. The maximum Gasteiger partial charge on any atom is 0.252 e. The molecule has 0 saturated carbocycles. The molecule has 0 bridgehead atoms. The van der Waals surface area contributed by atoms with Crippen molar-refractivity contribution >= 4 is 17.7 Å². The number of benzene rings is 2. The molecule has 1 aromatic heterocycles. The summed E-state index contributed by atoms with van der Waals surface area (Å²) in [4.78, 5) is 18.0. The predicted octanol–water partition coefficient (Wildman–Crippen LogP) is 2.90. The second kappa shape index (κ2) is 6.49. The minimum Gasteiger partial charge on any atom is -0.344 e. The van der Waals surface area contributed by atoms with Crippen molar-refractivity contribution in [2.24, 2.45) is 0 Å². The van der Waals surface area contributed by atoms with Gasteiger partial charge in [-0.3, -0.25) is 4.79 Å². The van der Waals surface area contributed by atoms with Crippen molar-refractivity contribution < 1.29 is 4.79 Å². The first-order chi connectivity index (χ1) is 11.8. The van der Waals surface area contributed by atoms with E-state index in [-0.39, 0.29) is 11.9 Å². The molecule has 2 heterocycles. The summed E-state index contributed by atoms with van der Waals surface area (Å²) in [5.74, 6) is 0.823. The number of fused-ring (bicyclic) bond motifs is 1. The van der Waals surface area contributed by atoms with E-state index in [2.05, 4.69) is 27.5 Å². The largest absolute Gasteiger partial charge is 0.344 e. The van der Waals surface area contributed by atoms with E-state index in [9.17, 15) is 4.79 Å². The van der Waals surface area contributed by atoms with Crippen LogP contribution in [0.4, 0.5) is 0 Å². The van der Waals surface area contributed by atoms with Gasteiger partial charge >= 0.3 is 0 Å². The number of rotatable bonds is 4. The van der Waals surface area contributed by atoms with Gasteiger partial charge in [-0.15, -0.1) is 11.8 Å². The van der Waals surface area contributed by atoms with Crippen molar-refractivity contribution in [3.8, 4) is 0 Å². The van der Waals surface area contributed by atoms with Gasteiger partial charge in [0, 0.05) is 16.2 Å². The van der Waals surface area contributed by atoms with Crippen molar-refractivity contribution in [3.05, 3.63) is 77.9 Å². The Labute approximate surface area is 144 Å². The van der Waals surface area contributed by atoms with Crippen LogP contribution in [0.2, 0.25) is 0 Å². The van der Waals surface area contributed by atoms with E-state index in [1.165, 1.54) is 16.8 Å². The monoisotopic (exact) mass is 336 g/mol. The zero-order valence-electron chi connectivity index (χ0n) is 12.9. The van der Waals surface area contributed by atoms with Crippen LogP contribution in [0.15, 0.2) is 66.1 Å². The molecule has 0 saturated heterocycles. The summed E-state index contributed by atoms with van der Waals surface area (Å²) < 4.78 is 1.72. The van der Waals surface area contributed by atoms with E-state index in [1.807, 2.05) is 36.4 Å². The number of hydrogen-bond acceptors (Lipinski definition) is 4. The van der Waals surface area contributed by atoms with Crippen LogP contribution in [0.25, 0.3) is 0 Å². The van der Waals surface area contributed by atoms with E-state index in [0.717, 1.165) is 11.3 Å². The quantitative estimate of drug-likeness (QED) is 0.796. The Kier molecular flexibility index (Phi) is 4.04. The molecule has 4 rings (SSSR count). The average Bonchev–Trinajstić information content (AvgIpc) is 3.26. The molecule has 1 amide bonds. The normalized spacial score (nSPS) is 15.9.